The monoisotopic (exact) mass is 240 g/mol. The van der Waals surface area contributed by atoms with Crippen LogP contribution in [-0.2, 0) is 4.74 Å². The van der Waals surface area contributed by atoms with Gasteiger partial charge in [-0.05, 0) is 46.2 Å². The number of ether oxygens (including phenoxy) is 1. The lowest BCUT2D eigenvalue weighted by atomic mass is 9.98. The van der Waals surface area contributed by atoms with E-state index in [4.69, 9.17) is 4.74 Å². The van der Waals surface area contributed by atoms with Crippen molar-refractivity contribution in [2.24, 2.45) is 5.92 Å². The lowest BCUT2D eigenvalue weighted by molar-refractivity contribution is 0.129. The SMILES string of the molecule is CCCNC1COCC1CN1CCCC1(C)C. The quantitative estimate of drug-likeness (QED) is 0.794. The topological polar surface area (TPSA) is 24.5 Å². The molecule has 2 unspecified atom stereocenters. The van der Waals surface area contributed by atoms with Gasteiger partial charge in [0.05, 0.1) is 13.2 Å². The van der Waals surface area contributed by atoms with E-state index in [0.29, 0.717) is 17.5 Å². The fraction of sp³-hybridized carbons (Fsp3) is 1.00. The Balaban J connectivity index is 1.85. The molecule has 2 aliphatic heterocycles. The molecule has 3 heteroatoms. The fourth-order valence-corrected chi connectivity index (χ4v) is 3.12. The van der Waals surface area contributed by atoms with Crippen molar-refractivity contribution >= 4 is 0 Å². The maximum absolute atomic E-state index is 5.66. The van der Waals surface area contributed by atoms with Gasteiger partial charge in [0.1, 0.15) is 0 Å². The Hall–Kier alpha value is -0.120. The molecule has 2 atom stereocenters. The minimum absolute atomic E-state index is 0.401. The van der Waals surface area contributed by atoms with Crippen LogP contribution in [0.15, 0.2) is 0 Å². The summed E-state index contributed by atoms with van der Waals surface area (Å²) in [6, 6.07) is 0.575. The van der Waals surface area contributed by atoms with E-state index in [1.807, 2.05) is 0 Å². The number of nitrogens with one attached hydrogen (secondary N) is 1. The molecule has 0 saturated carbocycles. The largest absolute Gasteiger partial charge is 0.379 e. The molecule has 0 aliphatic carbocycles. The number of hydrogen-bond acceptors (Lipinski definition) is 3. The highest BCUT2D eigenvalue weighted by molar-refractivity contribution is 4.92. The first-order valence-corrected chi connectivity index (χ1v) is 7.19. The summed E-state index contributed by atoms with van der Waals surface area (Å²) in [5, 5.41) is 3.63. The molecule has 0 aromatic rings. The minimum Gasteiger partial charge on any atom is -0.379 e. The van der Waals surface area contributed by atoms with Gasteiger partial charge in [0, 0.05) is 24.0 Å². The van der Waals surface area contributed by atoms with E-state index in [9.17, 15) is 0 Å². The molecule has 3 nitrogen and oxygen atoms in total. The van der Waals surface area contributed by atoms with Crippen molar-refractivity contribution in [3.05, 3.63) is 0 Å². The Morgan fingerprint density at radius 1 is 1.35 bits per heavy atom. The standard InChI is InChI=1S/C14H28N2O/c1-4-7-15-13-11-17-10-12(13)9-16-8-5-6-14(16,2)3/h12-13,15H,4-11H2,1-3H3. The molecule has 100 valence electrons. The molecule has 2 saturated heterocycles. The van der Waals surface area contributed by atoms with Gasteiger partial charge < -0.3 is 10.1 Å². The fourth-order valence-electron chi connectivity index (χ4n) is 3.12. The van der Waals surface area contributed by atoms with Crippen molar-refractivity contribution < 1.29 is 4.74 Å². The molecule has 2 heterocycles. The second-order valence-corrected chi connectivity index (χ2v) is 6.22. The highest BCUT2D eigenvalue weighted by Gasteiger charge is 2.36. The maximum Gasteiger partial charge on any atom is 0.0623 e. The number of rotatable bonds is 5. The summed E-state index contributed by atoms with van der Waals surface area (Å²) in [5.41, 5.74) is 0.401. The molecule has 17 heavy (non-hydrogen) atoms. The van der Waals surface area contributed by atoms with E-state index in [-0.39, 0.29) is 0 Å². The molecule has 0 bridgehead atoms. The Labute approximate surface area is 106 Å². The summed E-state index contributed by atoms with van der Waals surface area (Å²) in [6.45, 7) is 12.4. The van der Waals surface area contributed by atoms with E-state index in [2.05, 4.69) is 31.0 Å². The van der Waals surface area contributed by atoms with Crippen LogP contribution >= 0.6 is 0 Å². The van der Waals surface area contributed by atoms with Crippen LogP contribution < -0.4 is 5.32 Å². The molecule has 0 amide bonds. The van der Waals surface area contributed by atoms with E-state index < -0.39 is 0 Å². The van der Waals surface area contributed by atoms with Crippen molar-refractivity contribution in [1.82, 2.24) is 10.2 Å². The molecule has 2 aliphatic rings. The summed E-state index contributed by atoms with van der Waals surface area (Å²) < 4.78 is 5.66. The van der Waals surface area contributed by atoms with E-state index >= 15 is 0 Å². The first-order chi connectivity index (χ1) is 8.13. The van der Waals surface area contributed by atoms with E-state index in [1.54, 1.807) is 0 Å². The van der Waals surface area contributed by atoms with Gasteiger partial charge in [-0.3, -0.25) is 4.90 Å². The van der Waals surface area contributed by atoms with Crippen molar-refractivity contribution in [3.8, 4) is 0 Å². The predicted molar refractivity (Wildman–Crippen MR) is 71.3 cm³/mol. The normalized spacial score (nSPS) is 33.4. The van der Waals surface area contributed by atoms with Gasteiger partial charge in [-0.25, -0.2) is 0 Å². The van der Waals surface area contributed by atoms with Gasteiger partial charge >= 0.3 is 0 Å². The van der Waals surface area contributed by atoms with Crippen molar-refractivity contribution in [3.63, 3.8) is 0 Å². The molecular formula is C14H28N2O. The number of likely N-dealkylation sites (tertiary alicyclic amines) is 1. The average Bonchev–Trinajstić information content (AvgIpc) is 2.84. The van der Waals surface area contributed by atoms with Crippen LogP contribution in [0.1, 0.15) is 40.0 Å². The Kier molecular flexibility index (Phi) is 4.45. The zero-order chi connectivity index (χ0) is 12.3. The number of nitrogens with zero attached hydrogens (tertiary/aromatic N) is 1. The summed E-state index contributed by atoms with van der Waals surface area (Å²) in [6.07, 6.45) is 3.90. The third-order valence-corrected chi connectivity index (χ3v) is 4.38. The lowest BCUT2D eigenvalue weighted by Gasteiger charge is -2.34. The molecule has 0 spiro atoms. The minimum atomic E-state index is 0.401. The zero-order valence-corrected chi connectivity index (χ0v) is 11.7. The molecule has 2 fully saturated rings. The van der Waals surface area contributed by atoms with Gasteiger partial charge in [-0.1, -0.05) is 6.92 Å². The molecular weight excluding hydrogens is 212 g/mol. The molecule has 0 aromatic carbocycles. The summed E-state index contributed by atoms with van der Waals surface area (Å²) in [5.74, 6) is 0.680. The molecule has 2 rings (SSSR count). The van der Waals surface area contributed by atoms with Crippen molar-refractivity contribution in [2.45, 2.75) is 51.6 Å². The summed E-state index contributed by atoms with van der Waals surface area (Å²) >= 11 is 0. The van der Waals surface area contributed by atoms with Gasteiger partial charge in [0.15, 0.2) is 0 Å². The third-order valence-electron chi connectivity index (χ3n) is 4.38. The maximum atomic E-state index is 5.66. The van der Waals surface area contributed by atoms with Gasteiger partial charge in [-0.2, -0.15) is 0 Å². The van der Waals surface area contributed by atoms with Crippen LogP contribution in [0.5, 0.6) is 0 Å². The Bertz CT molecular complexity index is 242. The Morgan fingerprint density at radius 2 is 2.18 bits per heavy atom. The van der Waals surface area contributed by atoms with Crippen LogP contribution in [0.2, 0.25) is 0 Å². The second kappa shape index (κ2) is 5.68. The first-order valence-electron chi connectivity index (χ1n) is 7.19. The Morgan fingerprint density at radius 3 is 2.82 bits per heavy atom. The predicted octanol–water partition coefficient (Wildman–Crippen LogP) is 1.88. The van der Waals surface area contributed by atoms with Crippen LogP contribution in [0.25, 0.3) is 0 Å². The summed E-state index contributed by atoms with van der Waals surface area (Å²) in [4.78, 5) is 2.66. The smallest absolute Gasteiger partial charge is 0.0623 e. The van der Waals surface area contributed by atoms with Crippen LogP contribution in [0.3, 0.4) is 0 Å². The molecule has 1 N–H and O–H groups in total. The highest BCUT2D eigenvalue weighted by atomic mass is 16.5. The van der Waals surface area contributed by atoms with E-state index in [0.717, 1.165) is 19.8 Å². The van der Waals surface area contributed by atoms with Crippen molar-refractivity contribution in [1.29, 1.82) is 0 Å². The average molecular weight is 240 g/mol. The highest BCUT2D eigenvalue weighted by Crippen LogP contribution is 2.30. The van der Waals surface area contributed by atoms with Gasteiger partial charge in [-0.15, -0.1) is 0 Å². The van der Waals surface area contributed by atoms with E-state index in [1.165, 1.54) is 32.4 Å². The van der Waals surface area contributed by atoms with Crippen LogP contribution in [0.4, 0.5) is 0 Å². The van der Waals surface area contributed by atoms with Crippen LogP contribution in [0, 0.1) is 5.92 Å². The van der Waals surface area contributed by atoms with Gasteiger partial charge in [0.25, 0.3) is 0 Å². The molecule has 0 aromatic heterocycles. The number of hydrogen-bond donors (Lipinski definition) is 1. The van der Waals surface area contributed by atoms with Crippen molar-refractivity contribution in [2.75, 3.05) is 32.8 Å². The molecule has 0 radical (unpaired) electrons. The second-order valence-electron chi connectivity index (χ2n) is 6.22. The van der Waals surface area contributed by atoms with Gasteiger partial charge in [0.2, 0.25) is 0 Å². The third kappa shape index (κ3) is 3.21. The summed E-state index contributed by atoms with van der Waals surface area (Å²) in [7, 11) is 0. The first kappa shape index (κ1) is 13.3. The lowest BCUT2D eigenvalue weighted by Crippen LogP contribution is -2.46. The zero-order valence-electron chi connectivity index (χ0n) is 11.7. The van der Waals surface area contributed by atoms with Crippen LogP contribution in [-0.4, -0.2) is 49.3 Å².